The summed E-state index contributed by atoms with van der Waals surface area (Å²) in [4.78, 5) is 25.2. The summed E-state index contributed by atoms with van der Waals surface area (Å²) in [5.74, 6) is -0.0163. The summed E-state index contributed by atoms with van der Waals surface area (Å²) in [6.45, 7) is 5.56. The Bertz CT molecular complexity index is 564. The minimum absolute atomic E-state index is 0.0163. The van der Waals surface area contributed by atoms with E-state index >= 15 is 0 Å². The molecule has 6 nitrogen and oxygen atoms in total. The zero-order valence-electron chi connectivity index (χ0n) is 12.8. The van der Waals surface area contributed by atoms with Crippen molar-refractivity contribution >= 4 is 34.9 Å². The highest BCUT2D eigenvalue weighted by Gasteiger charge is 2.18. The van der Waals surface area contributed by atoms with Gasteiger partial charge in [-0.1, -0.05) is 18.5 Å². The van der Waals surface area contributed by atoms with Crippen molar-refractivity contribution in [2.45, 2.75) is 26.3 Å². The predicted octanol–water partition coefficient (Wildman–Crippen LogP) is 2.20. The van der Waals surface area contributed by atoms with E-state index in [1.807, 2.05) is 24.8 Å². The van der Waals surface area contributed by atoms with E-state index in [9.17, 15) is 9.59 Å². The highest BCUT2D eigenvalue weighted by Crippen LogP contribution is 2.29. The van der Waals surface area contributed by atoms with Gasteiger partial charge in [0.2, 0.25) is 5.91 Å². The van der Waals surface area contributed by atoms with Crippen molar-refractivity contribution < 1.29 is 9.59 Å². The third-order valence-electron chi connectivity index (χ3n) is 3.57. The number of anilines is 2. The van der Waals surface area contributed by atoms with Gasteiger partial charge in [-0.25, -0.2) is 4.79 Å². The second-order valence-electron chi connectivity index (χ2n) is 5.35. The third kappa shape index (κ3) is 4.27. The molecule has 0 bridgehead atoms. The summed E-state index contributed by atoms with van der Waals surface area (Å²) < 4.78 is 0. The Morgan fingerprint density at radius 1 is 1.50 bits per heavy atom. The van der Waals surface area contributed by atoms with Crippen LogP contribution in [0.25, 0.3) is 0 Å². The molecule has 1 aliphatic rings. The molecule has 1 aromatic carbocycles. The van der Waals surface area contributed by atoms with E-state index in [0.717, 1.165) is 12.1 Å². The van der Waals surface area contributed by atoms with Gasteiger partial charge >= 0.3 is 6.03 Å². The molecular weight excluding hydrogens is 304 g/mol. The van der Waals surface area contributed by atoms with Crippen molar-refractivity contribution in [1.82, 2.24) is 10.6 Å². The lowest BCUT2D eigenvalue weighted by Crippen LogP contribution is -2.47. The summed E-state index contributed by atoms with van der Waals surface area (Å²) in [5.41, 5.74) is 1.42. The minimum Gasteiger partial charge on any atom is -0.359 e. The van der Waals surface area contributed by atoms with E-state index in [-0.39, 0.29) is 18.0 Å². The van der Waals surface area contributed by atoms with Crippen molar-refractivity contribution in [2.24, 2.45) is 0 Å². The standard InChI is InChI=1S/C15H21ClN4O2/c1-3-10(2)18-15(22)19-11-4-5-13(12(16)8-11)20-7-6-17-14(21)9-20/h4-5,8,10H,3,6-7,9H2,1-2H3,(H,17,21)(H2,18,19,22)/t10-/m1/s1. The minimum atomic E-state index is -0.254. The fourth-order valence-corrected chi connectivity index (χ4v) is 2.48. The molecule has 0 saturated carbocycles. The first kappa shape index (κ1) is 16.4. The molecule has 0 aromatic heterocycles. The second-order valence-corrected chi connectivity index (χ2v) is 5.75. The van der Waals surface area contributed by atoms with Crippen LogP contribution in [0, 0.1) is 0 Å². The molecule has 1 saturated heterocycles. The van der Waals surface area contributed by atoms with Crippen LogP contribution in [-0.2, 0) is 4.79 Å². The molecule has 1 aromatic rings. The van der Waals surface area contributed by atoms with E-state index in [1.54, 1.807) is 12.1 Å². The Morgan fingerprint density at radius 2 is 2.27 bits per heavy atom. The topological polar surface area (TPSA) is 73.5 Å². The van der Waals surface area contributed by atoms with Crippen LogP contribution in [0.2, 0.25) is 5.02 Å². The average molecular weight is 325 g/mol. The van der Waals surface area contributed by atoms with Gasteiger partial charge in [-0.2, -0.15) is 0 Å². The zero-order valence-corrected chi connectivity index (χ0v) is 13.5. The predicted molar refractivity (Wildman–Crippen MR) is 88.6 cm³/mol. The summed E-state index contributed by atoms with van der Waals surface area (Å²) in [5, 5.41) is 8.86. The van der Waals surface area contributed by atoms with Crippen molar-refractivity contribution in [3.05, 3.63) is 23.2 Å². The maximum atomic E-state index is 11.8. The van der Waals surface area contributed by atoms with Gasteiger partial charge < -0.3 is 20.9 Å². The van der Waals surface area contributed by atoms with Crippen LogP contribution in [0.5, 0.6) is 0 Å². The van der Waals surface area contributed by atoms with Gasteiger partial charge in [0, 0.05) is 24.8 Å². The van der Waals surface area contributed by atoms with Gasteiger partial charge in [-0.05, 0) is 31.5 Å². The van der Waals surface area contributed by atoms with E-state index in [4.69, 9.17) is 11.6 Å². The van der Waals surface area contributed by atoms with Gasteiger partial charge in [0.05, 0.1) is 17.3 Å². The van der Waals surface area contributed by atoms with E-state index in [1.165, 1.54) is 0 Å². The van der Waals surface area contributed by atoms with Gasteiger partial charge in [-0.3, -0.25) is 4.79 Å². The molecule has 0 unspecified atom stereocenters. The molecule has 7 heteroatoms. The van der Waals surface area contributed by atoms with E-state index in [0.29, 0.717) is 30.3 Å². The van der Waals surface area contributed by atoms with Crippen LogP contribution in [0.1, 0.15) is 20.3 Å². The number of halogens is 1. The Hall–Kier alpha value is -1.95. The first-order valence-electron chi connectivity index (χ1n) is 7.38. The molecule has 2 rings (SSSR count). The molecule has 1 heterocycles. The monoisotopic (exact) mass is 324 g/mol. The smallest absolute Gasteiger partial charge is 0.319 e. The molecule has 22 heavy (non-hydrogen) atoms. The number of hydrogen-bond donors (Lipinski definition) is 3. The fourth-order valence-electron chi connectivity index (χ4n) is 2.18. The maximum Gasteiger partial charge on any atom is 0.319 e. The lowest BCUT2D eigenvalue weighted by molar-refractivity contribution is -0.120. The van der Waals surface area contributed by atoms with Gasteiger partial charge in [0.1, 0.15) is 0 Å². The number of nitrogens with one attached hydrogen (secondary N) is 3. The van der Waals surface area contributed by atoms with Crippen molar-refractivity contribution in [2.75, 3.05) is 29.9 Å². The second kappa shape index (κ2) is 7.35. The van der Waals surface area contributed by atoms with Crippen LogP contribution < -0.4 is 20.9 Å². The largest absolute Gasteiger partial charge is 0.359 e. The Kier molecular flexibility index (Phi) is 5.49. The molecule has 0 aliphatic carbocycles. The van der Waals surface area contributed by atoms with Crippen LogP contribution in [-0.4, -0.2) is 37.6 Å². The van der Waals surface area contributed by atoms with Crippen LogP contribution in [0.3, 0.4) is 0 Å². The normalized spacial score (nSPS) is 16.0. The number of amides is 3. The maximum absolute atomic E-state index is 11.8. The molecule has 1 aliphatic heterocycles. The molecule has 120 valence electrons. The number of hydrogen-bond acceptors (Lipinski definition) is 3. The average Bonchev–Trinajstić information content (AvgIpc) is 2.47. The van der Waals surface area contributed by atoms with Crippen LogP contribution >= 0.6 is 11.6 Å². The van der Waals surface area contributed by atoms with E-state index in [2.05, 4.69) is 16.0 Å². The Balaban J connectivity index is 2.03. The van der Waals surface area contributed by atoms with Crippen LogP contribution in [0.4, 0.5) is 16.2 Å². The number of piperazine rings is 1. The van der Waals surface area contributed by atoms with Crippen LogP contribution in [0.15, 0.2) is 18.2 Å². The number of carbonyl (C=O) groups is 2. The van der Waals surface area contributed by atoms with Crippen molar-refractivity contribution in [3.63, 3.8) is 0 Å². The van der Waals surface area contributed by atoms with Crippen molar-refractivity contribution in [3.8, 4) is 0 Å². The zero-order chi connectivity index (χ0) is 16.1. The molecule has 1 fully saturated rings. The first-order chi connectivity index (χ1) is 10.5. The Morgan fingerprint density at radius 3 is 2.91 bits per heavy atom. The summed E-state index contributed by atoms with van der Waals surface area (Å²) in [6.07, 6.45) is 0.865. The quantitative estimate of drug-likeness (QED) is 0.795. The number of rotatable bonds is 4. The highest BCUT2D eigenvalue weighted by molar-refractivity contribution is 6.33. The molecule has 1 atom stereocenters. The molecule has 0 spiro atoms. The molecule has 3 amide bonds. The Labute approximate surface area is 135 Å². The van der Waals surface area contributed by atoms with Crippen molar-refractivity contribution in [1.29, 1.82) is 0 Å². The summed E-state index contributed by atoms with van der Waals surface area (Å²) >= 11 is 6.28. The first-order valence-corrected chi connectivity index (χ1v) is 7.76. The molecular formula is C15H21ClN4O2. The van der Waals surface area contributed by atoms with Gasteiger partial charge in [-0.15, -0.1) is 0 Å². The third-order valence-corrected chi connectivity index (χ3v) is 3.88. The summed E-state index contributed by atoms with van der Waals surface area (Å²) in [6, 6.07) is 5.15. The van der Waals surface area contributed by atoms with Gasteiger partial charge in [0.15, 0.2) is 0 Å². The number of nitrogens with zero attached hydrogens (tertiary/aromatic N) is 1. The number of benzene rings is 1. The molecule has 0 radical (unpaired) electrons. The van der Waals surface area contributed by atoms with Gasteiger partial charge in [0.25, 0.3) is 0 Å². The fraction of sp³-hybridized carbons (Fsp3) is 0.467. The summed E-state index contributed by atoms with van der Waals surface area (Å²) in [7, 11) is 0. The SMILES string of the molecule is CC[C@@H](C)NC(=O)Nc1ccc(N2CCNC(=O)C2)c(Cl)c1. The lowest BCUT2D eigenvalue weighted by Gasteiger charge is -2.29. The molecule has 3 N–H and O–H groups in total. The number of carbonyl (C=O) groups excluding carboxylic acids is 2. The van der Waals surface area contributed by atoms with E-state index < -0.39 is 0 Å². The highest BCUT2D eigenvalue weighted by atomic mass is 35.5. The lowest BCUT2D eigenvalue weighted by atomic mass is 10.2. The number of urea groups is 1.